The number of benzene rings is 1. The molecule has 0 spiro atoms. The quantitative estimate of drug-likeness (QED) is 0.896. The van der Waals surface area contributed by atoms with Crippen molar-refractivity contribution in [1.82, 2.24) is 10.2 Å². The number of nitrogens with one attached hydrogen (secondary N) is 1. The maximum Gasteiger partial charge on any atom is 0.228 e. The van der Waals surface area contributed by atoms with Crippen LogP contribution >= 0.6 is 0 Å². The first-order valence-electron chi connectivity index (χ1n) is 7.31. The summed E-state index contributed by atoms with van der Waals surface area (Å²) < 4.78 is 0. The molecule has 0 saturated carbocycles. The van der Waals surface area contributed by atoms with Gasteiger partial charge in [0.1, 0.15) is 0 Å². The predicted molar refractivity (Wildman–Crippen MR) is 76.0 cm³/mol. The Balaban J connectivity index is 1.65. The molecule has 3 nitrogen and oxygen atoms in total. The maximum absolute atomic E-state index is 12.4. The van der Waals surface area contributed by atoms with Crippen molar-refractivity contribution in [3.63, 3.8) is 0 Å². The second kappa shape index (κ2) is 5.33. The number of aryl methyl sites for hydroxylation is 1. The number of amides is 1. The van der Waals surface area contributed by atoms with Crippen LogP contribution in [0, 0.1) is 12.8 Å². The van der Waals surface area contributed by atoms with Crippen LogP contribution in [0.25, 0.3) is 0 Å². The van der Waals surface area contributed by atoms with Gasteiger partial charge in [0.15, 0.2) is 0 Å². The van der Waals surface area contributed by atoms with E-state index in [1.54, 1.807) is 0 Å². The van der Waals surface area contributed by atoms with Crippen molar-refractivity contribution in [1.29, 1.82) is 0 Å². The van der Waals surface area contributed by atoms with Gasteiger partial charge < -0.3 is 10.2 Å². The third-order valence-electron chi connectivity index (χ3n) is 4.38. The zero-order chi connectivity index (χ0) is 13.2. The molecule has 1 unspecified atom stereocenters. The van der Waals surface area contributed by atoms with Crippen molar-refractivity contribution >= 4 is 5.91 Å². The van der Waals surface area contributed by atoms with E-state index in [9.17, 15) is 4.79 Å². The van der Waals surface area contributed by atoms with Crippen LogP contribution in [0.4, 0.5) is 0 Å². The number of hydrogen-bond acceptors (Lipinski definition) is 2. The van der Waals surface area contributed by atoms with Crippen molar-refractivity contribution in [2.75, 3.05) is 19.6 Å². The van der Waals surface area contributed by atoms with E-state index in [4.69, 9.17) is 0 Å². The second-order valence-corrected chi connectivity index (χ2v) is 5.87. The van der Waals surface area contributed by atoms with Crippen LogP contribution in [0.3, 0.4) is 0 Å². The summed E-state index contributed by atoms with van der Waals surface area (Å²) in [5.41, 5.74) is 2.64. The minimum Gasteiger partial charge on any atom is -0.339 e. The highest BCUT2D eigenvalue weighted by molar-refractivity contribution is 5.80. The van der Waals surface area contributed by atoms with Crippen LogP contribution in [0.1, 0.15) is 24.0 Å². The molecule has 19 heavy (non-hydrogen) atoms. The van der Waals surface area contributed by atoms with Gasteiger partial charge >= 0.3 is 0 Å². The normalized spacial score (nSPS) is 23.4. The number of rotatable bonds is 3. The molecule has 1 atom stereocenters. The molecular formula is C16H22N2O. The van der Waals surface area contributed by atoms with E-state index >= 15 is 0 Å². The van der Waals surface area contributed by atoms with Gasteiger partial charge in [0.05, 0.1) is 5.92 Å². The van der Waals surface area contributed by atoms with E-state index in [1.807, 2.05) is 0 Å². The highest BCUT2D eigenvalue weighted by Crippen LogP contribution is 2.24. The van der Waals surface area contributed by atoms with Crippen LogP contribution in [-0.2, 0) is 11.2 Å². The van der Waals surface area contributed by atoms with E-state index in [-0.39, 0.29) is 5.92 Å². The van der Waals surface area contributed by atoms with Gasteiger partial charge in [0.2, 0.25) is 5.91 Å². The molecule has 1 amide bonds. The molecule has 3 heteroatoms. The SMILES string of the molecule is Cc1ccc(CC2CCCN2C(=O)C2CNC2)cc1. The van der Waals surface area contributed by atoms with Gasteiger partial charge in [-0.15, -0.1) is 0 Å². The lowest BCUT2D eigenvalue weighted by Crippen LogP contribution is -2.53. The highest BCUT2D eigenvalue weighted by atomic mass is 16.2. The monoisotopic (exact) mass is 258 g/mol. The van der Waals surface area contributed by atoms with Gasteiger partial charge in [-0.1, -0.05) is 29.8 Å². The van der Waals surface area contributed by atoms with E-state index in [1.165, 1.54) is 11.1 Å². The molecule has 2 fully saturated rings. The lowest BCUT2D eigenvalue weighted by atomic mass is 9.99. The standard InChI is InChI=1S/C16H22N2O/c1-12-4-6-13(7-5-12)9-15-3-2-8-18(15)16(19)14-10-17-11-14/h4-7,14-15,17H,2-3,8-11H2,1H3. The summed E-state index contributed by atoms with van der Waals surface area (Å²) in [6.07, 6.45) is 3.31. The molecule has 0 aromatic heterocycles. The Morgan fingerprint density at radius 1 is 1.32 bits per heavy atom. The van der Waals surface area contributed by atoms with Gasteiger partial charge in [0, 0.05) is 25.7 Å². The van der Waals surface area contributed by atoms with Crippen molar-refractivity contribution < 1.29 is 4.79 Å². The van der Waals surface area contributed by atoms with Crippen LogP contribution < -0.4 is 5.32 Å². The molecule has 2 heterocycles. The molecule has 1 N–H and O–H groups in total. The Morgan fingerprint density at radius 3 is 2.68 bits per heavy atom. The number of nitrogens with zero attached hydrogens (tertiary/aromatic N) is 1. The molecule has 0 bridgehead atoms. The van der Waals surface area contributed by atoms with Crippen LogP contribution in [0.5, 0.6) is 0 Å². The molecule has 3 rings (SSSR count). The molecular weight excluding hydrogens is 236 g/mol. The molecule has 2 saturated heterocycles. The molecule has 1 aromatic rings. The van der Waals surface area contributed by atoms with E-state index in [0.29, 0.717) is 11.9 Å². The number of hydrogen-bond donors (Lipinski definition) is 1. The number of carbonyl (C=O) groups excluding carboxylic acids is 1. The van der Waals surface area contributed by atoms with Crippen molar-refractivity contribution in [3.8, 4) is 0 Å². The lowest BCUT2D eigenvalue weighted by Gasteiger charge is -2.33. The molecule has 0 aliphatic carbocycles. The minimum absolute atomic E-state index is 0.235. The van der Waals surface area contributed by atoms with Gasteiger partial charge in [-0.25, -0.2) is 0 Å². The largest absolute Gasteiger partial charge is 0.339 e. The van der Waals surface area contributed by atoms with E-state index in [0.717, 1.165) is 38.9 Å². The first-order valence-corrected chi connectivity index (χ1v) is 7.31. The second-order valence-electron chi connectivity index (χ2n) is 5.87. The fourth-order valence-electron chi connectivity index (χ4n) is 3.03. The lowest BCUT2D eigenvalue weighted by molar-refractivity contribution is -0.137. The summed E-state index contributed by atoms with van der Waals surface area (Å²) in [4.78, 5) is 14.5. The number of likely N-dealkylation sites (tertiary alicyclic amines) is 1. The Morgan fingerprint density at radius 2 is 2.05 bits per heavy atom. The third kappa shape index (κ3) is 2.66. The zero-order valence-corrected chi connectivity index (χ0v) is 11.6. The van der Waals surface area contributed by atoms with Gasteiger partial charge in [-0.05, 0) is 31.7 Å². The van der Waals surface area contributed by atoms with Crippen LogP contribution in [-0.4, -0.2) is 36.5 Å². The van der Waals surface area contributed by atoms with E-state index in [2.05, 4.69) is 41.4 Å². The van der Waals surface area contributed by atoms with Gasteiger partial charge in [-0.2, -0.15) is 0 Å². The summed E-state index contributed by atoms with van der Waals surface area (Å²) in [5, 5.41) is 3.19. The van der Waals surface area contributed by atoms with Gasteiger partial charge in [-0.3, -0.25) is 4.79 Å². The Hall–Kier alpha value is -1.35. The maximum atomic E-state index is 12.4. The summed E-state index contributed by atoms with van der Waals surface area (Å²) in [7, 11) is 0. The molecule has 2 aliphatic rings. The first kappa shape index (κ1) is 12.7. The van der Waals surface area contributed by atoms with Crippen molar-refractivity contribution in [2.24, 2.45) is 5.92 Å². The molecule has 1 aromatic carbocycles. The van der Waals surface area contributed by atoms with E-state index < -0.39 is 0 Å². The van der Waals surface area contributed by atoms with Crippen LogP contribution in [0.15, 0.2) is 24.3 Å². The summed E-state index contributed by atoms with van der Waals surface area (Å²) in [5.74, 6) is 0.604. The number of carbonyl (C=O) groups is 1. The minimum atomic E-state index is 0.235. The topological polar surface area (TPSA) is 32.3 Å². The zero-order valence-electron chi connectivity index (χ0n) is 11.6. The highest BCUT2D eigenvalue weighted by Gasteiger charge is 2.35. The molecule has 0 radical (unpaired) electrons. The summed E-state index contributed by atoms with van der Waals surface area (Å²) >= 11 is 0. The smallest absolute Gasteiger partial charge is 0.228 e. The first-order chi connectivity index (χ1) is 9.24. The third-order valence-corrected chi connectivity index (χ3v) is 4.38. The molecule has 2 aliphatic heterocycles. The summed E-state index contributed by atoms with van der Waals surface area (Å²) in [6, 6.07) is 9.12. The fourth-order valence-corrected chi connectivity index (χ4v) is 3.03. The Labute approximate surface area is 115 Å². The average Bonchev–Trinajstić information content (AvgIpc) is 2.78. The van der Waals surface area contributed by atoms with Crippen molar-refractivity contribution in [3.05, 3.63) is 35.4 Å². The predicted octanol–water partition coefficient (Wildman–Crippen LogP) is 1.75. The Bertz CT molecular complexity index is 450. The Kier molecular flexibility index (Phi) is 3.56. The molecule has 102 valence electrons. The summed E-state index contributed by atoms with van der Waals surface area (Å²) in [6.45, 7) is 4.80. The van der Waals surface area contributed by atoms with Crippen molar-refractivity contribution in [2.45, 2.75) is 32.2 Å². The fraction of sp³-hybridized carbons (Fsp3) is 0.562. The van der Waals surface area contributed by atoms with Gasteiger partial charge in [0.25, 0.3) is 0 Å². The average molecular weight is 258 g/mol. The van der Waals surface area contributed by atoms with Crippen LogP contribution in [0.2, 0.25) is 0 Å².